The maximum Gasteiger partial charge on any atom is 0.186 e. The monoisotopic (exact) mass is 151 g/mol. The van der Waals surface area contributed by atoms with Crippen LogP contribution in [0.3, 0.4) is 0 Å². The van der Waals surface area contributed by atoms with E-state index in [2.05, 4.69) is 15.7 Å². The van der Waals surface area contributed by atoms with Crippen molar-refractivity contribution in [3.05, 3.63) is 23.2 Å². The number of thiazole rings is 1. The maximum absolute atomic E-state index is 4.85. The molecule has 49 valence electrons. The third kappa shape index (κ3) is 0.823. The Bertz CT molecular complexity index is 255. The highest BCUT2D eigenvalue weighted by Gasteiger charge is 2.01. The molecule has 2 heterocycles. The Hall–Kier alpha value is -1.16. The molecular weight excluding hydrogens is 148 g/mol. The molecule has 0 N–H and O–H groups in total. The lowest BCUT2D eigenvalue weighted by atomic mass is 10.4. The number of nitrogens with zero attached hydrogens (tertiary/aromatic N) is 2. The molecule has 2 aromatic heterocycles. The van der Waals surface area contributed by atoms with Crippen molar-refractivity contribution in [2.75, 3.05) is 0 Å². The Balaban J connectivity index is 2.48. The molecule has 0 aromatic carbocycles. The minimum absolute atomic E-state index is 0.692. The van der Waals surface area contributed by atoms with Gasteiger partial charge in [-0.05, 0) is 0 Å². The van der Waals surface area contributed by atoms with Gasteiger partial charge in [-0.1, -0.05) is 5.16 Å². The summed E-state index contributed by atoms with van der Waals surface area (Å²) >= 11 is 1.41. The summed E-state index contributed by atoms with van der Waals surface area (Å²) in [6.07, 6.45) is 1.59. The van der Waals surface area contributed by atoms with E-state index in [4.69, 9.17) is 4.52 Å². The van der Waals surface area contributed by atoms with Crippen molar-refractivity contribution >= 4 is 11.3 Å². The Morgan fingerprint density at radius 2 is 2.60 bits per heavy atom. The zero-order valence-corrected chi connectivity index (χ0v) is 5.76. The van der Waals surface area contributed by atoms with Gasteiger partial charge in [-0.25, -0.2) is 4.98 Å². The van der Waals surface area contributed by atoms with Gasteiger partial charge in [0, 0.05) is 11.4 Å². The molecule has 4 heteroatoms. The normalized spacial score (nSPS) is 10.0. The second-order valence-corrected chi connectivity index (χ2v) is 2.35. The predicted octanol–water partition coefficient (Wildman–Crippen LogP) is 1.60. The molecule has 0 aliphatic heterocycles. The van der Waals surface area contributed by atoms with Crippen molar-refractivity contribution in [2.45, 2.75) is 0 Å². The lowest BCUT2D eigenvalue weighted by Crippen LogP contribution is -1.68. The lowest BCUT2D eigenvalue weighted by molar-refractivity contribution is 0.431. The summed E-state index contributed by atoms with van der Waals surface area (Å²) in [6.45, 7) is 0. The van der Waals surface area contributed by atoms with E-state index in [1.165, 1.54) is 11.3 Å². The van der Waals surface area contributed by atoms with Gasteiger partial charge < -0.3 is 4.52 Å². The molecule has 0 fully saturated rings. The molecule has 2 rings (SSSR count). The summed E-state index contributed by atoms with van der Waals surface area (Å²) in [5, 5.41) is 5.42. The smallest absolute Gasteiger partial charge is 0.186 e. The molecule has 3 nitrogen and oxygen atoms in total. The molecule has 0 aliphatic rings. The van der Waals surface area contributed by atoms with Crippen LogP contribution >= 0.6 is 11.3 Å². The minimum Gasteiger partial charge on any atom is -0.355 e. The highest BCUT2D eigenvalue weighted by molar-refractivity contribution is 7.07. The molecule has 0 aliphatic carbocycles. The minimum atomic E-state index is 0.692. The van der Waals surface area contributed by atoms with E-state index in [1.54, 1.807) is 12.3 Å². The van der Waals surface area contributed by atoms with Gasteiger partial charge in [-0.15, -0.1) is 11.3 Å². The van der Waals surface area contributed by atoms with Crippen LogP contribution in [0.2, 0.25) is 0 Å². The largest absolute Gasteiger partial charge is 0.355 e. The van der Waals surface area contributed by atoms with E-state index in [-0.39, 0.29) is 0 Å². The van der Waals surface area contributed by atoms with Crippen LogP contribution in [0, 0.1) is 5.51 Å². The number of hydrogen-bond donors (Lipinski definition) is 0. The maximum atomic E-state index is 4.85. The van der Waals surface area contributed by atoms with Gasteiger partial charge in [-0.3, -0.25) is 0 Å². The summed E-state index contributed by atoms with van der Waals surface area (Å²) < 4.78 is 4.85. The zero-order chi connectivity index (χ0) is 6.81. The van der Waals surface area contributed by atoms with Gasteiger partial charge in [-0.2, -0.15) is 0 Å². The first-order valence-corrected chi connectivity index (χ1v) is 3.57. The van der Waals surface area contributed by atoms with E-state index in [0.29, 0.717) is 5.76 Å². The first-order chi connectivity index (χ1) is 4.97. The molecule has 0 bridgehead atoms. The van der Waals surface area contributed by atoms with Crippen LogP contribution in [0.1, 0.15) is 0 Å². The predicted molar refractivity (Wildman–Crippen MR) is 36.4 cm³/mol. The molecule has 0 saturated heterocycles. The lowest BCUT2D eigenvalue weighted by Gasteiger charge is -1.81. The van der Waals surface area contributed by atoms with Crippen LogP contribution in [-0.4, -0.2) is 10.1 Å². The van der Waals surface area contributed by atoms with Crippen LogP contribution < -0.4 is 0 Å². The fourth-order valence-electron chi connectivity index (χ4n) is 0.645. The molecule has 1 radical (unpaired) electrons. The Kier molecular flexibility index (Phi) is 1.25. The van der Waals surface area contributed by atoms with Crippen molar-refractivity contribution in [1.82, 2.24) is 10.1 Å². The van der Waals surface area contributed by atoms with Gasteiger partial charge in [0.25, 0.3) is 0 Å². The first kappa shape index (κ1) is 5.61. The van der Waals surface area contributed by atoms with Gasteiger partial charge in [0.15, 0.2) is 11.3 Å². The van der Waals surface area contributed by atoms with Crippen LogP contribution in [0.25, 0.3) is 11.5 Å². The van der Waals surface area contributed by atoms with Crippen molar-refractivity contribution in [2.24, 2.45) is 0 Å². The second-order valence-electron chi connectivity index (χ2n) is 1.70. The topological polar surface area (TPSA) is 38.9 Å². The van der Waals surface area contributed by atoms with Crippen molar-refractivity contribution in [3.8, 4) is 11.5 Å². The Morgan fingerprint density at radius 3 is 3.20 bits per heavy atom. The Morgan fingerprint density at radius 1 is 1.60 bits per heavy atom. The van der Waals surface area contributed by atoms with Crippen LogP contribution in [-0.2, 0) is 0 Å². The number of rotatable bonds is 1. The first-order valence-electron chi connectivity index (χ1n) is 2.69. The SMILES string of the molecule is [c]1nc(-c2ccno2)cs1. The van der Waals surface area contributed by atoms with Gasteiger partial charge in [0.1, 0.15) is 5.69 Å². The van der Waals surface area contributed by atoms with Crippen molar-refractivity contribution in [1.29, 1.82) is 0 Å². The second kappa shape index (κ2) is 2.22. The highest BCUT2D eigenvalue weighted by Crippen LogP contribution is 2.16. The summed E-state index contributed by atoms with van der Waals surface area (Å²) in [7, 11) is 0. The van der Waals surface area contributed by atoms with Gasteiger partial charge in [0.05, 0.1) is 6.20 Å². The molecule has 0 unspecified atom stereocenters. The highest BCUT2D eigenvalue weighted by atomic mass is 32.1. The van der Waals surface area contributed by atoms with Crippen molar-refractivity contribution < 1.29 is 4.52 Å². The van der Waals surface area contributed by atoms with Crippen LogP contribution in [0.5, 0.6) is 0 Å². The van der Waals surface area contributed by atoms with Crippen molar-refractivity contribution in [3.63, 3.8) is 0 Å². The van der Waals surface area contributed by atoms with Gasteiger partial charge in [0.2, 0.25) is 0 Å². The third-order valence-corrected chi connectivity index (χ3v) is 1.62. The van der Waals surface area contributed by atoms with E-state index < -0.39 is 0 Å². The summed E-state index contributed by atoms with van der Waals surface area (Å²) in [6, 6.07) is 1.77. The molecule has 0 spiro atoms. The van der Waals surface area contributed by atoms with E-state index in [9.17, 15) is 0 Å². The standard InChI is InChI=1S/C6H3N2OS/c1-2-8-9-6(1)5-3-10-4-7-5/h1-3H. The number of hydrogen-bond acceptors (Lipinski definition) is 4. The van der Waals surface area contributed by atoms with Crippen LogP contribution in [0.15, 0.2) is 22.2 Å². The number of aromatic nitrogens is 2. The summed E-state index contributed by atoms with van der Waals surface area (Å²) in [5.74, 6) is 0.692. The van der Waals surface area contributed by atoms with Crippen LogP contribution in [0.4, 0.5) is 0 Å². The van der Waals surface area contributed by atoms with E-state index in [0.717, 1.165) is 5.69 Å². The molecule has 10 heavy (non-hydrogen) atoms. The summed E-state index contributed by atoms with van der Waals surface area (Å²) in [4.78, 5) is 3.92. The van der Waals surface area contributed by atoms with Gasteiger partial charge >= 0.3 is 0 Å². The molecule has 2 aromatic rings. The van der Waals surface area contributed by atoms with E-state index in [1.807, 2.05) is 5.38 Å². The molecule has 0 atom stereocenters. The average Bonchev–Trinajstić information content (AvgIpc) is 2.59. The quantitative estimate of drug-likeness (QED) is 0.621. The average molecular weight is 151 g/mol. The molecular formula is C6H3N2OS. The Labute approximate surface area is 61.3 Å². The van der Waals surface area contributed by atoms with E-state index >= 15 is 0 Å². The molecule has 0 saturated carbocycles. The summed E-state index contributed by atoms with van der Waals surface area (Å²) in [5.41, 5.74) is 3.52. The third-order valence-electron chi connectivity index (χ3n) is 1.08. The molecule has 0 amide bonds. The zero-order valence-electron chi connectivity index (χ0n) is 4.94. The fraction of sp³-hybridized carbons (Fsp3) is 0. The fourth-order valence-corrected chi connectivity index (χ4v) is 1.13.